The molecule has 2 atom stereocenters. The second kappa shape index (κ2) is 8.45. The number of nitrogens with one attached hydrogen (secondary N) is 2. The van der Waals surface area contributed by atoms with Gasteiger partial charge in [0.25, 0.3) is 15.9 Å². The number of hydrogen-bond acceptors (Lipinski definition) is 5. The van der Waals surface area contributed by atoms with Gasteiger partial charge in [-0.1, -0.05) is 18.2 Å². The number of piperidine rings is 1. The predicted octanol–water partition coefficient (Wildman–Crippen LogP) is 2.31. The first-order chi connectivity index (χ1) is 15.0. The molecule has 2 aliphatic rings. The second-order valence-corrected chi connectivity index (χ2v) is 11.8. The molecule has 172 valence electrons. The van der Waals surface area contributed by atoms with Gasteiger partial charge in [0.1, 0.15) is 10.7 Å². The summed E-state index contributed by atoms with van der Waals surface area (Å²) < 4.78 is 66.8. The monoisotopic (exact) mass is 481 g/mol. The average molecular weight is 482 g/mol. The van der Waals surface area contributed by atoms with Gasteiger partial charge in [-0.2, -0.15) is 4.31 Å². The summed E-state index contributed by atoms with van der Waals surface area (Å²) in [4.78, 5) is 12.3. The van der Waals surface area contributed by atoms with Crippen molar-refractivity contribution in [3.8, 4) is 0 Å². The Kier molecular flexibility index (Phi) is 5.99. The summed E-state index contributed by atoms with van der Waals surface area (Å²) in [5.41, 5.74) is 0.379. The molecule has 2 aromatic rings. The Bertz CT molecular complexity index is 1240. The molecule has 4 rings (SSSR count). The van der Waals surface area contributed by atoms with E-state index in [0.717, 1.165) is 25.0 Å². The Labute approximate surface area is 186 Å². The molecular formula is C21H24FN3O5S2. The van der Waals surface area contributed by atoms with Gasteiger partial charge in [-0.05, 0) is 56.0 Å². The zero-order valence-electron chi connectivity index (χ0n) is 17.4. The molecule has 2 saturated heterocycles. The van der Waals surface area contributed by atoms with Crippen LogP contribution in [0.2, 0.25) is 0 Å². The third-order valence-electron chi connectivity index (χ3n) is 5.89. The number of rotatable bonds is 6. The highest BCUT2D eigenvalue weighted by Gasteiger charge is 2.45. The van der Waals surface area contributed by atoms with Gasteiger partial charge in [0, 0.05) is 29.4 Å². The van der Waals surface area contributed by atoms with Gasteiger partial charge in [0.05, 0.1) is 6.26 Å². The average Bonchev–Trinajstić information content (AvgIpc) is 3.00. The smallest absolute Gasteiger partial charge is 0.264 e. The lowest BCUT2D eigenvalue weighted by Crippen LogP contribution is -2.52. The fraction of sp³-hybridized carbons (Fsp3) is 0.381. The molecule has 2 bridgehead atoms. The third-order valence-corrected chi connectivity index (χ3v) is 8.66. The summed E-state index contributed by atoms with van der Waals surface area (Å²) in [5.74, 6) is -1.25. The molecule has 0 saturated carbocycles. The van der Waals surface area contributed by atoms with Gasteiger partial charge in [-0.25, -0.2) is 21.2 Å². The SMILES string of the molecule is CS(=O)(=O)N1C2CCC1CC(NC(=O)c1cccc(NS(=O)(=O)c3ccccc3F)c1)C2. The Morgan fingerprint density at radius 3 is 2.28 bits per heavy atom. The number of benzene rings is 2. The fourth-order valence-electron chi connectivity index (χ4n) is 4.66. The van der Waals surface area contributed by atoms with Crippen molar-refractivity contribution in [2.45, 2.75) is 48.7 Å². The van der Waals surface area contributed by atoms with Crippen LogP contribution in [0, 0.1) is 5.82 Å². The van der Waals surface area contributed by atoms with E-state index in [-0.39, 0.29) is 35.3 Å². The van der Waals surface area contributed by atoms with E-state index in [1.54, 1.807) is 10.4 Å². The van der Waals surface area contributed by atoms with Crippen molar-refractivity contribution in [3.05, 3.63) is 59.9 Å². The van der Waals surface area contributed by atoms with Crippen molar-refractivity contribution in [2.24, 2.45) is 0 Å². The number of sulfonamides is 2. The normalized spacial score (nSPS) is 23.6. The van der Waals surface area contributed by atoms with E-state index in [1.807, 2.05) is 0 Å². The molecule has 2 N–H and O–H groups in total. The van der Waals surface area contributed by atoms with Gasteiger partial charge in [-0.15, -0.1) is 0 Å². The van der Waals surface area contributed by atoms with Gasteiger partial charge in [-0.3, -0.25) is 9.52 Å². The van der Waals surface area contributed by atoms with Crippen LogP contribution in [-0.4, -0.2) is 51.4 Å². The number of carbonyl (C=O) groups excluding carboxylic acids is 1. The number of nitrogens with zero attached hydrogens (tertiary/aromatic N) is 1. The summed E-state index contributed by atoms with van der Waals surface area (Å²) in [6.07, 6.45) is 3.84. The molecule has 0 aromatic heterocycles. The minimum atomic E-state index is -4.16. The molecule has 2 aliphatic heterocycles. The standard InChI is InChI=1S/C21H24FN3O5S2/c1-31(27,28)25-17-9-10-18(25)13-16(12-17)23-21(26)14-5-4-6-15(11-14)24-32(29,30)20-8-3-2-7-19(20)22/h2-8,11,16-18,24H,9-10,12-13H2,1H3,(H,23,26). The first-order valence-corrected chi connectivity index (χ1v) is 13.5. The first kappa shape index (κ1) is 22.7. The maximum Gasteiger partial charge on any atom is 0.264 e. The van der Waals surface area contributed by atoms with E-state index in [4.69, 9.17) is 0 Å². The molecule has 32 heavy (non-hydrogen) atoms. The molecule has 11 heteroatoms. The molecule has 0 radical (unpaired) electrons. The highest BCUT2D eigenvalue weighted by atomic mass is 32.2. The topological polar surface area (TPSA) is 113 Å². The van der Waals surface area contributed by atoms with E-state index >= 15 is 0 Å². The zero-order chi connectivity index (χ0) is 23.1. The minimum absolute atomic E-state index is 0.118. The Morgan fingerprint density at radius 2 is 1.66 bits per heavy atom. The van der Waals surface area contributed by atoms with Crippen molar-refractivity contribution >= 4 is 31.6 Å². The molecule has 1 amide bonds. The van der Waals surface area contributed by atoms with Crippen molar-refractivity contribution in [1.29, 1.82) is 0 Å². The van der Waals surface area contributed by atoms with Gasteiger partial charge >= 0.3 is 0 Å². The quantitative estimate of drug-likeness (QED) is 0.658. The molecule has 2 heterocycles. The maximum absolute atomic E-state index is 13.9. The van der Waals surface area contributed by atoms with Crippen molar-refractivity contribution in [3.63, 3.8) is 0 Å². The number of fused-ring (bicyclic) bond motifs is 2. The number of anilines is 1. The Morgan fingerprint density at radius 1 is 1.00 bits per heavy atom. The molecule has 0 spiro atoms. The molecular weight excluding hydrogens is 457 g/mol. The van der Waals surface area contributed by atoms with E-state index in [0.29, 0.717) is 12.8 Å². The third kappa shape index (κ3) is 4.64. The molecule has 8 nitrogen and oxygen atoms in total. The lowest BCUT2D eigenvalue weighted by Gasteiger charge is -2.37. The van der Waals surface area contributed by atoms with Crippen molar-refractivity contribution < 1.29 is 26.0 Å². The summed E-state index contributed by atoms with van der Waals surface area (Å²) in [6, 6.07) is 10.6. The van der Waals surface area contributed by atoms with Crippen LogP contribution in [-0.2, 0) is 20.0 Å². The Hall–Kier alpha value is -2.50. The number of amides is 1. The van der Waals surface area contributed by atoms with Crippen LogP contribution in [0.1, 0.15) is 36.0 Å². The maximum atomic E-state index is 13.9. The molecule has 2 fully saturated rings. The van der Waals surface area contributed by atoms with Crippen LogP contribution in [0.25, 0.3) is 0 Å². The largest absolute Gasteiger partial charge is 0.349 e. The van der Waals surface area contributed by atoms with Crippen LogP contribution in [0.3, 0.4) is 0 Å². The van der Waals surface area contributed by atoms with Gasteiger partial charge in [0.2, 0.25) is 10.0 Å². The first-order valence-electron chi connectivity index (χ1n) is 10.2. The fourth-order valence-corrected chi connectivity index (χ4v) is 7.25. The highest BCUT2D eigenvalue weighted by Crippen LogP contribution is 2.37. The van der Waals surface area contributed by atoms with Crippen molar-refractivity contribution in [1.82, 2.24) is 9.62 Å². The Balaban J connectivity index is 1.45. The minimum Gasteiger partial charge on any atom is -0.349 e. The summed E-state index contributed by atoms with van der Waals surface area (Å²) >= 11 is 0. The van der Waals surface area contributed by atoms with Crippen LogP contribution in [0.4, 0.5) is 10.1 Å². The van der Waals surface area contributed by atoms with Gasteiger partial charge in [0.15, 0.2) is 0 Å². The zero-order valence-corrected chi connectivity index (χ0v) is 19.0. The van der Waals surface area contributed by atoms with E-state index in [2.05, 4.69) is 10.0 Å². The molecule has 2 aromatic carbocycles. The van der Waals surface area contributed by atoms with Crippen LogP contribution < -0.4 is 10.0 Å². The lowest BCUT2D eigenvalue weighted by molar-refractivity contribution is 0.0909. The van der Waals surface area contributed by atoms with Crippen molar-refractivity contribution in [2.75, 3.05) is 11.0 Å². The van der Waals surface area contributed by atoms with Gasteiger partial charge < -0.3 is 5.32 Å². The summed E-state index contributed by atoms with van der Waals surface area (Å²) in [5, 5.41) is 2.94. The predicted molar refractivity (Wildman–Crippen MR) is 118 cm³/mol. The second-order valence-electron chi connectivity index (χ2n) is 8.24. The number of carbonyl (C=O) groups is 1. The summed E-state index contributed by atoms with van der Waals surface area (Å²) in [6.45, 7) is 0. The number of hydrogen-bond donors (Lipinski definition) is 2. The summed E-state index contributed by atoms with van der Waals surface area (Å²) in [7, 11) is -7.45. The van der Waals surface area contributed by atoms with Crippen LogP contribution >= 0.6 is 0 Å². The molecule has 0 aliphatic carbocycles. The van der Waals surface area contributed by atoms with Crippen LogP contribution in [0.15, 0.2) is 53.4 Å². The molecule has 2 unspecified atom stereocenters. The van der Waals surface area contributed by atoms with Crippen LogP contribution in [0.5, 0.6) is 0 Å². The van der Waals surface area contributed by atoms with E-state index < -0.39 is 30.8 Å². The highest BCUT2D eigenvalue weighted by molar-refractivity contribution is 7.92. The lowest BCUT2D eigenvalue weighted by atomic mass is 9.99. The van der Waals surface area contributed by atoms with E-state index in [9.17, 15) is 26.0 Å². The van der Waals surface area contributed by atoms with E-state index in [1.165, 1.54) is 36.6 Å². The number of halogens is 1.